The highest BCUT2D eigenvalue weighted by molar-refractivity contribution is 5.93. The van der Waals surface area contributed by atoms with Gasteiger partial charge in [-0.05, 0) is 19.1 Å². The largest absolute Gasteiger partial charge is 0.370 e. The molecule has 3 heterocycles. The van der Waals surface area contributed by atoms with Gasteiger partial charge in [0, 0.05) is 30.1 Å². The Hall–Kier alpha value is -2.71. The standard InChI is InChI=1S/C20H25N5O3/c1-15-13-18(26)22-20-16-5-2-3-6-17(16)24(25(15)20)14-19(27)21-7-4-8-23-9-11-28-12-10-23/h2-3,5-6,13H,4,7-12,14H2,1H3,(H,21,27)/p+1. The third-order valence-electron chi connectivity index (χ3n) is 5.27. The van der Waals surface area contributed by atoms with Crippen LogP contribution in [-0.2, 0) is 16.1 Å². The van der Waals surface area contributed by atoms with Crippen molar-refractivity contribution < 1.29 is 14.4 Å². The van der Waals surface area contributed by atoms with Gasteiger partial charge in [0.25, 0.3) is 5.56 Å². The van der Waals surface area contributed by atoms with E-state index in [1.807, 2.05) is 40.4 Å². The van der Waals surface area contributed by atoms with Gasteiger partial charge >= 0.3 is 0 Å². The van der Waals surface area contributed by atoms with Crippen LogP contribution in [0.25, 0.3) is 16.6 Å². The van der Waals surface area contributed by atoms with Gasteiger partial charge in [0.15, 0.2) is 5.65 Å². The van der Waals surface area contributed by atoms with Crippen LogP contribution in [0.2, 0.25) is 0 Å². The number of hydrogen-bond donors (Lipinski definition) is 2. The molecule has 28 heavy (non-hydrogen) atoms. The molecule has 0 atom stereocenters. The molecule has 0 bridgehead atoms. The molecule has 0 saturated carbocycles. The summed E-state index contributed by atoms with van der Waals surface area (Å²) in [4.78, 5) is 30.1. The predicted molar refractivity (Wildman–Crippen MR) is 106 cm³/mol. The minimum atomic E-state index is -0.268. The smallest absolute Gasteiger partial charge is 0.273 e. The lowest BCUT2D eigenvalue weighted by Crippen LogP contribution is -3.14. The number of nitrogens with zero attached hydrogens (tertiary/aromatic N) is 3. The lowest BCUT2D eigenvalue weighted by atomic mass is 10.2. The van der Waals surface area contributed by atoms with Crippen LogP contribution in [0.3, 0.4) is 0 Å². The number of para-hydroxylation sites is 1. The number of carbonyl (C=O) groups excluding carboxylic acids is 1. The third-order valence-corrected chi connectivity index (χ3v) is 5.27. The Morgan fingerprint density at radius 1 is 1.29 bits per heavy atom. The molecule has 8 nitrogen and oxygen atoms in total. The average Bonchev–Trinajstić information content (AvgIpc) is 3.00. The number of fused-ring (bicyclic) bond motifs is 3. The molecule has 2 aromatic heterocycles. The Labute approximate surface area is 162 Å². The van der Waals surface area contributed by atoms with Gasteiger partial charge in [-0.25, -0.2) is 4.52 Å². The number of carbonyl (C=O) groups is 1. The summed E-state index contributed by atoms with van der Waals surface area (Å²) < 4.78 is 9.10. The maximum absolute atomic E-state index is 12.6. The molecule has 1 aliphatic heterocycles. The van der Waals surface area contributed by atoms with Gasteiger partial charge in [-0.15, -0.1) is 0 Å². The number of aromatic nitrogens is 3. The first-order valence-electron chi connectivity index (χ1n) is 9.79. The number of ether oxygens (including phenoxy) is 1. The van der Waals surface area contributed by atoms with Crippen molar-refractivity contribution in [1.82, 2.24) is 19.5 Å². The van der Waals surface area contributed by atoms with Gasteiger partial charge < -0.3 is 15.0 Å². The van der Waals surface area contributed by atoms with Crippen molar-refractivity contribution in [3.63, 3.8) is 0 Å². The highest BCUT2D eigenvalue weighted by Gasteiger charge is 2.16. The van der Waals surface area contributed by atoms with E-state index in [4.69, 9.17) is 4.74 Å². The molecule has 1 aliphatic rings. The Balaban J connectivity index is 1.47. The van der Waals surface area contributed by atoms with Crippen molar-refractivity contribution in [2.24, 2.45) is 0 Å². The van der Waals surface area contributed by atoms with E-state index in [0.717, 1.165) is 55.9 Å². The van der Waals surface area contributed by atoms with Crippen LogP contribution in [0, 0.1) is 6.92 Å². The molecule has 2 N–H and O–H groups in total. The molecular formula is C20H26N5O3+. The fourth-order valence-corrected chi connectivity index (χ4v) is 3.89. The van der Waals surface area contributed by atoms with Gasteiger partial charge in [-0.3, -0.25) is 14.3 Å². The summed E-state index contributed by atoms with van der Waals surface area (Å²) >= 11 is 0. The zero-order chi connectivity index (χ0) is 19.5. The van der Waals surface area contributed by atoms with Gasteiger partial charge in [-0.1, -0.05) is 12.1 Å². The molecule has 3 aromatic rings. The van der Waals surface area contributed by atoms with Crippen LogP contribution in [-0.4, -0.2) is 59.5 Å². The molecular weight excluding hydrogens is 358 g/mol. The van der Waals surface area contributed by atoms with Crippen LogP contribution < -0.4 is 15.8 Å². The number of aryl methyl sites for hydroxylation is 1. The van der Waals surface area contributed by atoms with Crippen LogP contribution in [0.4, 0.5) is 0 Å². The topological polar surface area (TPSA) is 82.1 Å². The Kier molecular flexibility index (Phi) is 5.40. The first-order valence-corrected chi connectivity index (χ1v) is 9.79. The number of benzene rings is 1. The normalized spacial score (nSPS) is 15.3. The quantitative estimate of drug-likeness (QED) is 0.555. The maximum Gasteiger partial charge on any atom is 0.273 e. The van der Waals surface area contributed by atoms with E-state index in [-0.39, 0.29) is 18.0 Å². The second-order valence-corrected chi connectivity index (χ2v) is 7.26. The summed E-state index contributed by atoms with van der Waals surface area (Å²) in [6, 6.07) is 9.20. The van der Waals surface area contributed by atoms with Crippen molar-refractivity contribution in [1.29, 1.82) is 0 Å². The summed E-state index contributed by atoms with van der Waals surface area (Å²) in [6.07, 6.45) is 0.946. The Morgan fingerprint density at radius 3 is 2.89 bits per heavy atom. The van der Waals surface area contributed by atoms with E-state index >= 15 is 0 Å². The Morgan fingerprint density at radius 2 is 2.07 bits per heavy atom. The number of amides is 1. The van der Waals surface area contributed by atoms with E-state index in [1.165, 1.54) is 11.0 Å². The molecule has 0 radical (unpaired) electrons. The van der Waals surface area contributed by atoms with E-state index in [1.54, 1.807) is 0 Å². The molecule has 8 heteroatoms. The number of hydrogen-bond acceptors (Lipinski definition) is 4. The first kappa shape index (κ1) is 18.6. The number of nitrogens with one attached hydrogen (secondary N) is 2. The van der Waals surface area contributed by atoms with Crippen molar-refractivity contribution >= 4 is 22.5 Å². The molecule has 0 unspecified atom stereocenters. The molecule has 0 spiro atoms. The Bertz CT molecular complexity index is 1050. The van der Waals surface area contributed by atoms with Crippen molar-refractivity contribution in [3.8, 4) is 0 Å². The van der Waals surface area contributed by atoms with Gasteiger partial charge in [-0.2, -0.15) is 4.98 Å². The second kappa shape index (κ2) is 8.12. The lowest BCUT2D eigenvalue weighted by Gasteiger charge is -2.23. The van der Waals surface area contributed by atoms with Crippen LogP contribution in [0.15, 0.2) is 35.1 Å². The molecule has 1 amide bonds. The zero-order valence-electron chi connectivity index (χ0n) is 16.1. The summed E-state index contributed by atoms with van der Waals surface area (Å²) in [6.45, 7) is 7.47. The molecule has 1 aromatic carbocycles. The zero-order valence-corrected chi connectivity index (χ0v) is 16.1. The molecule has 4 rings (SSSR count). The SMILES string of the molecule is Cc1cc(=O)nc2c3ccccc3n(CC(=O)NCCC[NH+]3CCOCC3)n12. The minimum absolute atomic E-state index is 0.0438. The molecule has 148 valence electrons. The molecule has 1 fully saturated rings. The number of rotatable bonds is 6. The third kappa shape index (κ3) is 3.79. The lowest BCUT2D eigenvalue weighted by molar-refractivity contribution is -0.908. The van der Waals surface area contributed by atoms with Gasteiger partial charge in [0.05, 0.1) is 25.3 Å². The summed E-state index contributed by atoms with van der Waals surface area (Å²) in [7, 11) is 0. The van der Waals surface area contributed by atoms with Gasteiger partial charge in [0.2, 0.25) is 5.91 Å². The van der Waals surface area contributed by atoms with Crippen LogP contribution in [0.5, 0.6) is 0 Å². The van der Waals surface area contributed by atoms with Gasteiger partial charge in [0.1, 0.15) is 19.6 Å². The fourth-order valence-electron chi connectivity index (χ4n) is 3.89. The summed E-state index contributed by atoms with van der Waals surface area (Å²) in [5.74, 6) is -0.0438. The van der Waals surface area contributed by atoms with E-state index < -0.39 is 0 Å². The first-order chi connectivity index (χ1) is 13.6. The van der Waals surface area contributed by atoms with Crippen molar-refractivity contribution in [3.05, 3.63) is 46.4 Å². The number of quaternary nitrogens is 1. The maximum atomic E-state index is 12.6. The number of morpholine rings is 1. The minimum Gasteiger partial charge on any atom is -0.370 e. The second-order valence-electron chi connectivity index (χ2n) is 7.26. The monoisotopic (exact) mass is 384 g/mol. The van der Waals surface area contributed by atoms with Crippen molar-refractivity contribution in [2.45, 2.75) is 19.9 Å². The summed E-state index contributed by atoms with van der Waals surface area (Å²) in [5, 5.41) is 3.89. The average molecular weight is 384 g/mol. The highest BCUT2D eigenvalue weighted by Crippen LogP contribution is 2.21. The highest BCUT2D eigenvalue weighted by atomic mass is 16.5. The van der Waals surface area contributed by atoms with E-state index in [0.29, 0.717) is 12.2 Å². The van der Waals surface area contributed by atoms with Crippen LogP contribution in [0.1, 0.15) is 12.1 Å². The van der Waals surface area contributed by atoms with Crippen LogP contribution >= 0.6 is 0 Å². The molecule has 1 saturated heterocycles. The van der Waals surface area contributed by atoms with Crippen molar-refractivity contribution in [2.75, 3.05) is 39.4 Å². The fraction of sp³-hybridized carbons (Fsp3) is 0.450. The summed E-state index contributed by atoms with van der Waals surface area (Å²) in [5.41, 5.74) is 1.96. The predicted octanol–water partition coefficient (Wildman–Crippen LogP) is -0.621. The van der Waals surface area contributed by atoms with E-state index in [2.05, 4.69) is 10.3 Å². The molecule has 0 aliphatic carbocycles. The van der Waals surface area contributed by atoms with E-state index in [9.17, 15) is 9.59 Å².